The van der Waals surface area contributed by atoms with Crippen LogP contribution >= 0.6 is 0 Å². The van der Waals surface area contributed by atoms with Crippen LogP contribution in [0, 0.1) is 19.7 Å². The molecule has 2 rings (SSSR count). The first-order valence-corrected chi connectivity index (χ1v) is 8.44. The first kappa shape index (κ1) is 22.8. The van der Waals surface area contributed by atoms with Crippen molar-refractivity contribution in [1.82, 2.24) is 10.1 Å². The summed E-state index contributed by atoms with van der Waals surface area (Å²) in [7, 11) is 1.24. The van der Waals surface area contributed by atoms with Crippen LogP contribution < -0.4 is 0 Å². The summed E-state index contributed by atoms with van der Waals surface area (Å²) in [4.78, 5) is 25.0. The van der Waals surface area contributed by atoms with Gasteiger partial charge in [-0.3, -0.25) is 0 Å². The third-order valence-electron chi connectivity index (χ3n) is 3.29. The van der Waals surface area contributed by atoms with Crippen LogP contribution in [0.5, 0.6) is 0 Å². The fourth-order valence-electron chi connectivity index (χ4n) is 1.80. The van der Waals surface area contributed by atoms with Crippen molar-refractivity contribution < 1.29 is 32.7 Å². The molecule has 9 heteroatoms. The van der Waals surface area contributed by atoms with E-state index < -0.39 is 12.1 Å². The minimum atomic E-state index is -0.701. The maximum absolute atomic E-state index is 13.2. The molecule has 0 aliphatic carbocycles. The molecule has 0 aliphatic rings. The molecule has 0 saturated heterocycles. The van der Waals surface area contributed by atoms with Crippen LogP contribution in [0.25, 0.3) is 11.4 Å². The standard InChI is InChI=1S/C10H9FN2O.C9H14O5/c1-6-3-4-8(5-9(6)11)10-12-7(2)14-13-10;1-3-8(10)13-6-4-5-7-14-9(11)12-2/h3-5H,1-2H3;3H,1,4-7H2,2H3. The van der Waals surface area contributed by atoms with Crippen LogP contribution in [0.3, 0.4) is 0 Å². The van der Waals surface area contributed by atoms with Gasteiger partial charge in [0.2, 0.25) is 11.7 Å². The molecule has 8 nitrogen and oxygen atoms in total. The van der Waals surface area contributed by atoms with Gasteiger partial charge in [0.05, 0.1) is 20.3 Å². The molecule has 0 unspecified atom stereocenters. The second-order valence-electron chi connectivity index (χ2n) is 5.48. The predicted octanol–water partition coefficient (Wildman–Crippen LogP) is 3.77. The zero-order valence-electron chi connectivity index (χ0n) is 16.1. The monoisotopic (exact) mass is 394 g/mol. The Bertz CT molecular complexity index is 790. The van der Waals surface area contributed by atoms with E-state index in [2.05, 4.69) is 26.2 Å². The molecule has 1 aromatic carbocycles. The van der Waals surface area contributed by atoms with E-state index in [1.54, 1.807) is 26.0 Å². The first-order chi connectivity index (χ1) is 13.4. The summed E-state index contributed by atoms with van der Waals surface area (Å²) in [6.45, 7) is 7.22. The molecule has 2 aromatic rings. The third kappa shape index (κ3) is 8.43. The second-order valence-corrected chi connectivity index (χ2v) is 5.48. The molecule has 0 spiro atoms. The lowest BCUT2D eigenvalue weighted by molar-refractivity contribution is -0.137. The van der Waals surface area contributed by atoms with Gasteiger partial charge in [0.25, 0.3) is 0 Å². The Morgan fingerprint density at radius 2 is 1.89 bits per heavy atom. The Balaban J connectivity index is 0.000000280. The van der Waals surface area contributed by atoms with Crippen molar-refractivity contribution in [2.45, 2.75) is 26.7 Å². The number of halogens is 1. The number of aromatic nitrogens is 2. The topological polar surface area (TPSA) is 101 Å². The minimum Gasteiger partial charge on any atom is -0.463 e. The van der Waals surface area contributed by atoms with Crippen molar-refractivity contribution in [3.8, 4) is 11.4 Å². The number of esters is 1. The van der Waals surface area contributed by atoms with E-state index in [9.17, 15) is 14.0 Å². The van der Waals surface area contributed by atoms with Crippen molar-refractivity contribution in [3.05, 3.63) is 48.1 Å². The normalized spacial score (nSPS) is 9.71. The molecule has 152 valence electrons. The summed E-state index contributed by atoms with van der Waals surface area (Å²) in [6.07, 6.45) is 1.66. The lowest BCUT2D eigenvalue weighted by atomic mass is 10.1. The summed E-state index contributed by atoms with van der Waals surface area (Å²) in [6, 6.07) is 4.86. The Labute approximate surface area is 162 Å². The molecule has 0 N–H and O–H groups in total. The smallest absolute Gasteiger partial charge is 0.463 e. The molecular formula is C19H23FN2O6. The van der Waals surface area contributed by atoms with E-state index in [-0.39, 0.29) is 12.4 Å². The zero-order chi connectivity index (χ0) is 20.9. The number of nitrogens with zero attached hydrogens (tertiary/aromatic N) is 2. The van der Waals surface area contributed by atoms with Crippen LogP contribution in [0.1, 0.15) is 24.3 Å². The van der Waals surface area contributed by atoms with Crippen molar-refractivity contribution in [2.24, 2.45) is 0 Å². The fraction of sp³-hybridized carbons (Fsp3) is 0.368. The van der Waals surface area contributed by atoms with Crippen molar-refractivity contribution in [1.29, 1.82) is 0 Å². The average Bonchev–Trinajstić information content (AvgIpc) is 3.13. The highest BCUT2D eigenvalue weighted by Gasteiger charge is 2.07. The molecule has 1 heterocycles. The van der Waals surface area contributed by atoms with Crippen molar-refractivity contribution in [3.63, 3.8) is 0 Å². The molecule has 0 fully saturated rings. The van der Waals surface area contributed by atoms with Gasteiger partial charge in [-0.25, -0.2) is 14.0 Å². The molecule has 0 saturated carbocycles. The number of hydrogen-bond donors (Lipinski definition) is 0. The van der Waals surface area contributed by atoms with Gasteiger partial charge in [-0.05, 0) is 31.4 Å². The molecule has 0 aliphatic heterocycles. The lowest BCUT2D eigenvalue weighted by Crippen LogP contribution is -2.07. The highest BCUT2D eigenvalue weighted by atomic mass is 19.1. The average molecular weight is 394 g/mol. The predicted molar refractivity (Wildman–Crippen MR) is 97.9 cm³/mol. The minimum absolute atomic E-state index is 0.259. The SMILES string of the molecule is C=CC(=O)OCCCCOC(=O)OC.Cc1nc(-c2ccc(C)c(F)c2)no1. The quantitative estimate of drug-likeness (QED) is 0.397. The Morgan fingerprint density at radius 1 is 1.21 bits per heavy atom. The van der Waals surface area contributed by atoms with E-state index >= 15 is 0 Å². The number of carbonyl (C=O) groups excluding carboxylic acids is 2. The van der Waals surface area contributed by atoms with Gasteiger partial charge in [-0.2, -0.15) is 4.98 Å². The summed E-state index contributed by atoms with van der Waals surface area (Å²) >= 11 is 0. The number of benzene rings is 1. The molecule has 0 radical (unpaired) electrons. The molecular weight excluding hydrogens is 371 g/mol. The van der Waals surface area contributed by atoms with E-state index in [1.165, 1.54) is 13.2 Å². The number of hydrogen-bond acceptors (Lipinski definition) is 8. The maximum Gasteiger partial charge on any atom is 0.507 e. The highest BCUT2D eigenvalue weighted by Crippen LogP contribution is 2.18. The van der Waals surface area contributed by atoms with Crippen LogP contribution in [0.2, 0.25) is 0 Å². The Morgan fingerprint density at radius 3 is 2.43 bits per heavy atom. The molecule has 0 bridgehead atoms. The van der Waals surface area contributed by atoms with Crippen LogP contribution in [0.15, 0.2) is 35.4 Å². The van der Waals surface area contributed by atoms with Crippen LogP contribution in [-0.4, -0.2) is 42.6 Å². The van der Waals surface area contributed by atoms with Gasteiger partial charge in [-0.1, -0.05) is 23.9 Å². The third-order valence-corrected chi connectivity index (χ3v) is 3.29. The van der Waals surface area contributed by atoms with Crippen LogP contribution in [-0.2, 0) is 19.0 Å². The van der Waals surface area contributed by atoms with E-state index in [4.69, 9.17) is 9.26 Å². The summed E-state index contributed by atoms with van der Waals surface area (Å²) in [5.74, 6) is 0.186. The lowest BCUT2D eigenvalue weighted by Gasteiger charge is -2.03. The summed E-state index contributed by atoms with van der Waals surface area (Å²) in [5, 5.41) is 3.70. The van der Waals surface area contributed by atoms with Gasteiger partial charge >= 0.3 is 12.1 Å². The molecule has 1 aromatic heterocycles. The number of unbranched alkanes of at least 4 members (excludes halogenated alkanes) is 1. The fourth-order valence-corrected chi connectivity index (χ4v) is 1.80. The largest absolute Gasteiger partial charge is 0.507 e. The highest BCUT2D eigenvalue weighted by molar-refractivity contribution is 5.81. The Kier molecular flexibility index (Phi) is 9.95. The molecule has 28 heavy (non-hydrogen) atoms. The van der Waals surface area contributed by atoms with E-state index in [1.807, 2.05) is 0 Å². The number of methoxy groups -OCH3 is 1. The summed E-state index contributed by atoms with van der Waals surface area (Å²) < 4.78 is 31.5. The van der Waals surface area contributed by atoms with Gasteiger partial charge in [-0.15, -0.1) is 0 Å². The Hall–Kier alpha value is -3.23. The van der Waals surface area contributed by atoms with E-state index in [0.29, 0.717) is 42.3 Å². The van der Waals surface area contributed by atoms with Crippen molar-refractivity contribution in [2.75, 3.05) is 20.3 Å². The van der Waals surface area contributed by atoms with Gasteiger partial charge in [0.15, 0.2) is 0 Å². The summed E-state index contributed by atoms with van der Waals surface area (Å²) in [5.41, 5.74) is 1.24. The first-order valence-electron chi connectivity index (χ1n) is 8.44. The molecule has 0 atom stereocenters. The van der Waals surface area contributed by atoms with Gasteiger partial charge in [0.1, 0.15) is 5.82 Å². The molecule has 0 amide bonds. The van der Waals surface area contributed by atoms with Gasteiger partial charge in [0, 0.05) is 18.6 Å². The second kappa shape index (κ2) is 12.2. The maximum atomic E-state index is 13.2. The van der Waals surface area contributed by atoms with E-state index in [0.717, 1.165) is 6.08 Å². The number of ether oxygens (including phenoxy) is 3. The number of rotatable bonds is 7. The van der Waals surface area contributed by atoms with Crippen molar-refractivity contribution >= 4 is 12.1 Å². The number of aryl methyl sites for hydroxylation is 2. The zero-order valence-corrected chi connectivity index (χ0v) is 16.1. The van der Waals surface area contributed by atoms with Crippen LogP contribution in [0.4, 0.5) is 9.18 Å². The number of carbonyl (C=O) groups is 2. The van der Waals surface area contributed by atoms with Gasteiger partial charge < -0.3 is 18.7 Å².